The van der Waals surface area contributed by atoms with Crippen LogP contribution < -0.4 is 14.2 Å². The minimum Gasteiger partial charge on any atom is -0.492 e. The summed E-state index contributed by atoms with van der Waals surface area (Å²) in [7, 11) is 1.39. The quantitative estimate of drug-likeness (QED) is 0.324. The number of hydrogen-bond donors (Lipinski definition) is 0. The first-order chi connectivity index (χ1) is 17.7. The average Bonchev–Trinajstić information content (AvgIpc) is 3.44. The summed E-state index contributed by atoms with van der Waals surface area (Å²) in [5, 5.41) is 0. The van der Waals surface area contributed by atoms with Gasteiger partial charge in [0.25, 0.3) is 0 Å². The van der Waals surface area contributed by atoms with E-state index < -0.39 is 0 Å². The summed E-state index contributed by atoms with van der Waals surface area (Å²) in [6, 6.07) is 13.2. The average molecular weight is 505 g/mol. The van der Waals surface area contributed by atoms with Crippen LogP contribution in [0.1, 0.15) is 66.5 Å². The van der Waals surface area contributed by atoms with Crippen LogP contribution in [0.25, 0.3) is 11.1 Å². The molecule has 0 saturated carbocycles. The Morgan fingerprint density at radius 2 is 1.84 bits per heavy atom. The van der Waals surface area contributed by atoms with Gasteiger partial charge >= 0.3 is 5.97 Å². The number of halogens is 1. The van der Waals surface area contributed by atoms with Crippen molar-refractivity contribution in [1.29, 1.82) is 0 Å². The molecule has 0 amide bonds. The number of fused-ring (bicyclic) bond motifs is 2. The fourth-order valence-corrected chi connectivity index (χ4v) is 5.66. The summed E-state index contributed by atoms with van der Waals surface area (Å²) >= 11 is 0. The highest BCUT2D eigenvalue weighted by Crippen LogP contribution is 2.45. The summed E-state index contributed by atoms with van der Waals surface area (Å²) in [6.07, 6.45) is 1.42. The van der Waals surface area contributed by atoms with Gasteiger partial charge in [-0.05, 0) is 92.6 Å². The largest absolute Gasteiger partial charge is 0.492 e. The number of benzene rings is 3. The van der Waals surface area contributed by atoms with Gasteiger partial charge in [0.2, 0.25) is 0 Å². The molecule has 5 nitrogen and oxygen atoms in total. The molecule has 0 saturated heterocycles. The first-order valence-electron chi connectivity index (χ1n) is 12.8. The third-order valence-corrected chi connectivity index (χ3v) is 7.21. The Morgan fingerprint density at radius 1 is 1.08 bits per heavy atom. The van der Waals surface area contributed by atoms with Gasteiger partial charge in [-0.2, -0.15) is 0 Å². The summed E-state index contributed by atoms with van der Waals surface area (Å²) in [4.78, 5) is 11.7. The van der Waals surface area contributed by atoms with E-state index in [1.807, 2.05) is 38.1 Å². The smallest absolute Gasteiger partial charge is 0.306 e. The van der Waals surface area contributed by atoms with Crippen LogP contribution in [-0.4, -0.2) is 25.8 Å². The number of methoxy groups -OCH3 is 1. The zero-order valence-electron chi connectivity index (χ0n) is 22.0. The second-order valence-corrected chi connectivity index (χ2v) is 10.2. The molecule has 2 atom stereocenters. The van der Waals surface area contributed by atoms with Crippen molar-refractivity contribution < 1.29 is 28.1 Å². The van der Waals surface area contributed by atoms with Crippen LogP contribution in [-0.2, 0) is 16.0 Å². The summed E-state index contributed by atoms with van der Waals surface area (Å²) < 4.78 is 38.1. The number of rotatable bonds is 7. The molecule has 6 heteroatoms. The number of aryl methyl sites for hydroxylation is 2. The van der Waals surface area contributed by atoms with E-state index in [1.54, 1.807) is 6.07 Å². The van der Waals surface area contributed by atoms with E-state index >= 15 is 4.39 Å². The highest BCUT2D eigenvalue weighted by Gasteiger charge is 2.32. The van der Waals surface area contributed by atoms with Gasteiger partial charge in [0.15, 0.2) is 0 Å². The molecule has 1 aliphatic carbocycles. The molecule has 0 radical (unpaired) electrons. The predicted molar refractivity (Wildman–Crippen MR) is 140 cm³/mol. The van der Waals surface area contributed by atoms with E-state index in [0.29, 0.717) is 30.1 Å². The molecule has 1 aliphatic heterocycles. The van der Waals surface area contributed by atoms with E-state index in [0.717, 1.165) is 45.6 Å². The van der Waals surface area contributed by atoms with Crippen molar-refractivity contribution in [2.24, 2.45) is 0 Å². The molecule has 3 aromatic carbocycles. The lowest BCUT2D eigenvalue weighted by atomic mass is 9.90. The zero-order valence-corrected chi connectivity index (χ0v) is 22.0. The summed E-state index contributed by atoms with van der Waals surface area (Å²) in [6.45, 7) is 8.61. The second-order valence-electron chi connectivity index (χ2n) is 10.2. The van der Waals surface area contributed by atoms with Crippen LogP contribution in [0, 0.1) is 19.7 Å². The third kappa shape index (κ3) is 4.89. The third-order valence-electron chi connectivity index (χ3n) is 7.21. The van der Waals surface area contributed by atoms with Gasteiger partial charge in [0.1, 0.15) is 29.2 Å². The van der Waals surface area contributed by atoms with Crippen molar-refractivity contribution in [1.82, 2.24) is 0 Å². The first kappa shape index (κ1) is 25.1. The van der Waals surface area contributed by atoms with Gasteiger partial charge < -0.3 is 18.9 Å². The normalized spacial score (nSPS) is 17.8. The fourth-order valence-electron chi connectivity index (χ4n) is 5.66. The predicted octanol–water partition coefficient (Wildman–Crippen LogP) is 7.00. The van der Waals surface area contributed by atoms with Crippen LogP contribution >= 0.6 is 0 Å². The monoisotopic (exact) mass is 504 g/mol. The highest BCUT2D eigenvalue weighted by atomic mass is 19.1. The van der Waals surface area contributed by atoms with Crippen molar-refractivity contribution in [3.05, 3.63) is 76.1 Å². The molecule has 194 valence electrons. The SMILES string of the molecule is COC(=O)C[C@@H]1COc2cc(O[C@@H]3CCc4c(-c5c(C)cc(OC(C)C)cc5C)ccc(F)c43)ccc21. The Bertz CT molecular complexity index is 1320. The Morgan fingerprint density at radius 3 is 2.54 bits per heavy atom. The van der Waals surface area contributed by atoms with E-state index in [1.165, 1.54) is 7.11 Å². The van der Waals surface area contributed by atoms with Crippen molar-refractivity contribution in [2.45, 2.75) is 65.1 Å². The molecule has 5 rings (SSSR count). The fraction of sp³-hybridized carbons (Fsp3) is 0.387. The number of hydrogen-bond acceptors (Lipinski definition) is 5. The first-order valence-corrected chi connectivity index (χ1v) is 12.8. The molecule has 0 fully saturated rings. The highest BCUT2D eigenvalue weighted by molar-refractivity contribution is 5.76. The Balaban J connectivity index is 1.42. The number of carbonyl (C=O) groups is 1. The molecule has 0 N–H and O–H groups in total. The molecular formula is C31H33FO5. The lowest BCUT2D eigenvalue weighted by molar-refractivity contribution is -0.141. The zero-order chi connectivity index (χ0) is 26.3. The van der Waals surface area contributed by atoms with Crippen LogP contribution in [0.5, 0.6) is 17.2 Å². The second kappa shape index (κ2) is 10.1. The van der Waals surface area contributed by atoms with Crippen LogP contribution in [0.2, 0.25) is 0 Å². The van der Waals surface area contributed by atoms with Crippen LogP contribution in [0.3, 0.4) is 0 Å². The van der Waals surface area contributed by atoms with Gasteiger partial charge in [-0.1, -0.05) is 12.1 Å². The molecule has 0 unspecified atom stereocenters. The maximum atomic E-state index is 15.2. The molecule has 2 aliphatic rings. The van der Waals surface area contributed by atoms with Crippen LogP contribution in [0.15, 0.2) is 42.5 Å². The molecule has 0 spiro atoms. The maximum Gasteiger partial charge on any atom is 0.306 e. The summed E-state index contributed by atoms with van der Waals surface area (Å²) in [5.41, 5.74) is 6.98. The minimum absolute atomic E-state index is 0.0347. The Labute approximate surface area is 217 Å². The standard InChI is InChI=1S/C31H33FO5/c1-17(2)36-22-12-18(3)30(19(4)13-22)24-8-10-26(32)31-25(24)9-11-27(31)37-21-6-7-23-20(14-29(33)34-5)16-35-28(23)15-21/h6-8,10,12-13,15,17,20,27H,9,11,14,16H2,1-5H3/t20-,27-/m1/s1. The number of esters is 1. The van der Waals surface area contributed by atoms with E-state index in [9.17, 15) is 4.79 Å². The van der Waals surface area contributed by atoms with Crippen molar-refractivity contribution in [3.8, 4) is 28.4 Å². The number of carbonyl (C=O) groups excluding carboxylic acids is 1. The van der Waals surface area contributed by atoms with Gasteiger partial charge in [0, 0.05) is 23.1 Å². The minimum atomic E-state index is -0.385. The van der Waals surface area contributed by atoms with Gasteiger partial charge in [-0.25, -0.2) is 4.39 Å². The topological polar surface area (TPSA) is 54.0 Å². The summed E-state index contributed by atoms with van der Waals surface area (Å²) in [5.74, 6) is 1.64. The van der Waals surface area contributed by atoms with Crippen LogP contribution in [0.4, 0.5) is 4.39 Å². The van der Waals surface area contributed by atoms with Gasteiger partial charge in [0.05, 0.1) is 26.2 Å². The lowest BCUT2D eigenvalue weighted by Crippen LogP contribution is -2.09. The Kier molecular flexibility index (Phi) is 6.84. The van der Waals surface area contributed by atoms with E-state index in [4.69, 9.17) is 18.9 Å². The molecule has 1 heterocycles. The molecule has 0 aromatic heterocycles. The molecule has 0 bridgehead atoms. The molecule has 3 aromatic rings. The van der Waals surface area contributed by atoms with Gasteiger partial charge in [-0.15, -0.1) is 0 Å². The molecular weight excluding hydrogens is 471 g/mol. The maximum absolute atomic E-state index is 15.2. The van der Waals surface area contributed by atoms with Crippen molar-refractivity contribution >= 4 is 5.97 Å². The van der Waals surface area contributed by atoms with Crippen molar-refractivity contribution in [3.63, 3.8) is 0 Å². The Hall–Kier alpha value is -3.54. The van der Waals surface area contributed by atoms with E-state index in [2.05, 4.69) is 26.0 Å². The van der Waals surface area contributed by atoms with Crippen molar-refractivity contribution in [2.75, 3.05) is 13.7 Å². The van der Waals surface area contributed by atoms with Gasteiger partial charge in [-0.3, -0.25) is 4.79 Å². The lowest BCUT2D eigenvalue weighted by Gasteiger charge is -2.19. The van der Waals surface area contributed by atoms with E-state index in [-0.39, 0.29) is 36.3 Å². The molecule has 37 heavy (non-hydrogen) atoms. The number of ether oxygens (including phenoxy) is 4.